The Kier molecular flexibility index (Phi) is 4.44. The number of hydrogen-bond donors (Lipinski definition) is 1. The first-order chi connectivity index (χ1) is 13.2. The fourth-order valence-electron chi connectivity index (χ4n) is 2.62. The van der Waals surface area contributed by atoms with E-state index in [4.69, 9.17) is 9.84 Å². The van der Waals surface area contributed by atoms with Gasteiger partial charge in [-0.3, -0.25) is 0 Å². The molecule has 27 heavy (non-hydrogen) atoms. The molecule has 0 bridgehead atoms. The van der Waals surface area contributed by atoms with Crippen LogP contribution in [-0.4, -0.2) is 42.6 Å². The van der Waals surface area contributed by atoms with Gasteiger partial charge in [-0.05, 0) is 29.8 Å². The van der Waals surface area contributed by atoms with Gasteiger partial charge in [-0.2, -0.15) is 4.68 Å². The summed E-state index contributed by atoms with van der Waals surface area (Å²) in [7, 11) is 0. The molecule has 0 aliphatic carbocycles. The maximum atomic E-state index is 10.5. The number of para-hydroxylation sites is 1. The van der Waals surface area contributed by atoms with Crippen LogP contribution in [0.25, 0.3) is 16.9 Å². The van der Waals surface area contributed by atoms with Crippen LogP contribution in [0.2, 0.25) is 0 Å². The molecule has 2 heterocycles. The van der Waals surface area contributed by atoms with E-state index in [0.29, 0.717) is 29.2 Å². The van der Waals surface area contributed by atoms with Crippen LogP contribution in [0.1, 0.15) is 11.4 Å². The summed E-state index contributed by atoms with van der Waals surface area (Å²) >= 11 is 0. The summed E-state index contributed by atoms with van der Waals surface area (Å²) < 4.78 is 6.82. The lowest BCUT2D eigenvalue weighted by molar-refractivity contribution is -0.139. The predicted molar refractivity (Wildman–Crippen MR) is 96.8 cm³/mol. The Labute approximate surface area is 154 Å². The van der Waals surface area contributed by atoms with Gasteiger partial charge in [0.05, 0.1) is 11.9 Å². The molecule has 0 radical (unpaired) electrons. The van der Waals surface area contributed by atoms with E-state index in [-0.39, 0.29) is 6.61 Å². The summed E-state index contributed by atoms with van der Waals surface area (Å²) in [6.07, 6.45) is 2.18. The fourth-order valence-corrected chi connectivity index (χ4v) is 2.62. The maximum Gasteiger partial charge on any atom is 0.341 e. The number of benzene rings is 2. The lowest BCUT2D eigenvalue weighted by Gasteiger charge is -2.05. The Hall–Kier alpha value is -3.81. The third-order valence-corrected chi connectivity index (χ3v) is 3.89. The number of aromatic nitrogens is 5. The van der Waals surface area contributed by atoms with Gasteiger partial charge in [-0.1, -0.05) is 35.5 Å². The zero-order chi connectivity index (χ0) is 18.6. The van der Waals surface area contributed by atoms with Crippen LogP contribution in [0, 0.1) is 0 Å². The smallest absolute Gasteiger partial charge is 0.341 e. The molecule has 0 atom stereocenters. The molecule has 134 valence electrons. The van der Waals surface area contributed by atoms with Crippen molar-refractivity contribution in [1.82, 2.24) is 25.0 Å². The van der Waals surface area contributed by atoms with Gasteiger partial charge in [0, 0.05) is 6.42 Å². The Bertz CT molecular complexity index is 1080. The Balaban J connectivity index is 1.56. The number of hydrogen-bond acceptors (Lipinski definition) is 6. The summed E-state index contributed by atoms with van der Waals surface area (Å²) in [5.74, 6) is 0.134. The van der Waals surface area contributed by atoms with Crippen molar-refractivity contribution in [2.45, 2.75) is 6.42 Å². The predicted octanol–water partition coefficient (Wildman–Crippen LogP) is 2.26. The van der Waals surface area contributed by atoms with Crippen molar-refractivity contribution in [3.63, 3.8) is 0 Å². The zero-order valence-electron chi connectivity index (χ0n) is 14.2. The van der Waals surface area contributed by atoms with Gasteiger partial charge < -0.3 is 9.84 Å². The van der Waals surface area contributed by atoms with E-state index < -0.39 is 5.97 Å². The molecule has 0 fully saturated rings. The first-order valence-corrected chi connectivity index (χ1v) is 8.25. The molecule has 0 saturated heterocycles. The quantitative estimate of drug-likeness (QED) is 0.562. The number of carbonyl (C=O) groups is 1. The first kappa shape index (κ1) is 16.6. The average Bonchev–Trinajstić information content (AvgIpc) is 3.11. The van der Waals surface area contributed by atoms with Crippen LogP contribution >= 0.6 is 0 Å². The van der Waals surface area contributed by atoms with Gasteiger partial charge in [-0.25, -0.2) is 14.8 Å². The topological polar surface area (TPSA) is 103 Å². The van der Waals surface area contributed by atoms with Gasteiger partial charge in [-0.15, -0.1) is 5.10 Å². The molecule has 0 aliphatic heterocycles. The van der Waals surface area contributed by atoms with E-state index >= 15 is 0 Å². The van der Waals surface area contributed by atoms with Gasteiger partial charge in [0.2, 0.25) is 0 Å². The lowest BCUT2D eigenvalue weighted by Crippen LogP contribution is -2.09. The third kappa shape index (κ3) is 3.74. The van der Waals surface area contributed by atoms with Gasteiger partial charge in [0.1, 0.15) is 11.6 Å². The molecule has 0 aliphatic rings. The Morgan fingerprint density at radius 3 is 2.59 bits per heavy atom. The largest absolute Gasteiger partial charge is 0.482 e. The van der Waals surface area contributed by atoms with E-state index in [1.807, 2.05) is 42.5 Å². The van der Waals surface area contributed by atoms with Crippen LogP contribution in [0.4, 0.5) is 0 Å². The molecule has 0 spiro atoms. The molecule has 2 aromatic heterocycles. The molecule has 4 rings (SSSR count). The van der Waals surface area contributed by atoms with E-state index in [9.17, 15) is 4.79 Å². The van der Waals surface area contributed by atoms with Gasteiger partial charge >= 0.3 is 5.97 Å². The van der Waals surface area contributed by atoms with Crippen molar-refractivity contribution >= 4 is 17.1 Å². The molecule has 8 heteroatoms. The molecule has 0 saturated carbocycles. The molecular formula is C19H15N5O3. The number of carboxylic acid groups (broad SMARTS) is 1. The molecule has 0 amide bonds. The van der Waals surface area contributed by atoms with Crippen LogP contribution < -0.4 is 4.74 Å². The van der Waals surface area contributed by atoms with Crippen LogP contribution in [0.3, 0.4) is 0 Å². The molecule has 2 aromatic carbocycles. The number of carboxylic acids is 1. The van der Waals surface area contributed by atoms with E-state index in [1.54, 1.807) is 23.0 Å². The third-order valence-electron chi connectivity index (χ3n) is 3.89. The highest BCUT2D eigenvalue weighted by Crippen LogP contribution is 2.17. The number of fused-ring (bicyclic) bond motifs is 1. The SMILES string of the molecule is O=C(O)COc1ccc(Cc2ncc3nnn(-c4ccccc4)c3n2)cc1. The summed E-state index contributed by atoms with van der Waals surface area (Å²) in [5, 5.41) is 16.9. The molecule has 0 unspecified atom stereocenters. The summed E-state index contributed by atoms with van der Waals surface area (Å²) in [4.78, 5) is 19.5. The highest BCUT2D eigenvalue weighted by molar-refractivity contribution is 5.70. The number of rotatable bonds is 6. The highest BCUT2D eigenvalue weighted by atomic mass is 16.5. The van der Waals surface area contributed by atoms with Gasteiger partial charge in [0.15, 0.2) is 17.8 Å². The normalized spacial score (nSPS) is 10.8. The second-order valence-corrected chi connectivity index (χ2v) is 5.84. The number of ether oxygens (including phenoxy) is 1. The number of nitrogens with zero attached hydrogens (tertiary/aromatic N) is 5. The molecule has 4 aromatic rings. The van der Waals surface area contributed by atoms with Crippen molar-refractivity contribution in [2.24, 2.45) is 0 Å². The second kappa shape index (κ2) is 7.20. The van der Waals surface area contributed by atoms with Crippen LogP contribution in [-0.2, 0) is 11.2 Å². The number of aliphatic carboxylic acids is 1. The average molecular weight is 361 g/mol. The summed E-state index contributed by atoms with van der Waals surface area (Å²) in [6.45, 7) is -0.365. The zero-order valence-corrected chi connectivity index (χ0v) is 14.2. The van der Waals surface area contributed by atoms with E-state index in [1.165, 1.54) is 0 Å². The second-order valence-electron chi connectivity index (χ2n) is 5.84. The fraction of sp³-hybridized carbons (Fsp3) is 0.105. The van der Waals surface area contributed by atoms with Gasteiger partial charge in [0.25, 0.3) is 0 Å². The van der Waals surface area contributed by atoms with Crippen LogP contribution in [0.15, 0.2) is 60.8 Å². The highest BCUT2D eigenvalue weighted by Gasteiger charge is 2.10. The van der Waals surface area contributed by atoms with Crippen molar-refractivity contribution in [2.75, 3.05) is 6.61 Å². The summed E-state index contributed by atoms with van der Waals surface area (Å²) in [5.41, 5.74) is 3.13. The van der Waals surface area contributed by atoms with Crippen LogP contribution in [0.5, 0.6) is 5.75 Å². The summed E-state index contributed by atoms with van der Waals surface area (Å²) in [6, 6.07) is 16.8. The Morgan fingerprint density at radius 1 is 1.07 bits per heavy atom. The van der Waals surface area contributed by atoms with E-state index in [2.05, 4.69) is 20.3 Å². The van der Waals surface area contributed by atoms with Crippen molar-refractivity contribution in [3.05, 3.63) is 72.2 Å². The molecule has 1 N–H and O–H groups in total. The minimum atomic E-state index is -1.01. The molecule has 8 nitrogen and oxygen atoms in total. The first-order valence-electron chi connectivity index (χ1n) is 8.25. The Morgan fingerprint density at radius 2 is 1.85 bits per heavy atom. The maximum absolute atomic E-state index is 10.5. The molecular weight excluding hydrogens is 346 g/mol. The monoisotopic (exact) mass is 361 g/mol. The van der Waals surface area contributed by atoms with Crippen molar-refractivity contribution in [3.8, 4) is 11.4 Å². The van der Waals surface area contributed by atoms with Crippen molar-refractivity contribution < 1.29 is 14.6 Å². The van der Waals surface area contributed by atoms with Crippen molar-refractivity contribution in [1.29, 1.82) is 0 Å². The minimum Gasteiger partial charge on any atom is -0.482 e. The standard InChI is InChI=1S/C19H15N5O3/c25-18(26)12-27-15-8-6-13(7-9-15)10-17-20-11-16-19(21-17)24(23-22-16)14-4-2-1-3-5-14/h1-9,11H,10,12H2,(H,25,26). The minimum absolute atomic E-state index is 0.365. The lowest BCUT2D eigenvalue weighted by atomic mass is 10.1. The van der Waals surface area contributed by atoms with E-state index in [0.717, 1.165) is 11.3 Å².